The Morgan fingerprint density at radius 3 is 1.76 bits per heavy atom. The summed E-state index contributed by atoms with van der Waals surface area (Å²) >= 11 is 0. The van der Waals surface area contributed by atoms with E-state index >= 15 is 0 Å². The quantitative estimate of drug-likeness (QED) is 0.170. The molecule has 2 nitrogen and oxygen atoms in total. The number of pyridine rings is 1. The molecule has 10 rings (SSSR count). The predicted molar refractivity (Wildman–Crippen MR) is 215 cm³/mol. The molecule has 0 unspecified atom stereocenters. The maximum atomic E-state index is 4.86. The molecule has 0 aliphatic rings. The largest absolute Gasteiger partial charge is 0.308 e. The maximum absolute atomic E-state index is 4.86. The smallest absolute Gasteiger partial charge is 0.0963 e. The lowest BCUT2D eigenvalue weighted by Crippen LogP contribution is -1.95. The van der Waals surface area contributed by atoms with Gasteiger partial charge >= 0.3 is 0 Å². The van der Waals surface area contributed by atoms with E-state index in [1.54, 1.807) is 0 Å². The van der Waals surface area contributed by atoms with Crippen LogP contribution in [-0.4, -0.2) is 9.55 Å². The van der Waals surface area contributed by atoms with Gasteiger partial charge in [0.15, 0.2) is 0 Å². The summed E-state index contributed by atoms with van der Waals surface area (Å²) in [6.07, 6.45) is 1.89. The van der Waals surface area contributed by atoms with Gasteiger partial charge in [-0.1, -0.05) is 133 Å². The van der Waals surface area contributed by atoms with E-state index in [0.29, 0.717) is 0 Å². The van der Waals surface area contributed by atoms with Crippen LogP contribution < -0.4 is 0 Å². The van der Waals surface area contributed by atoms with Crippen molar-refractivity contribution in [1.82, 2.24) is 9.55 Å². The van der Waals surface area contributed by atoms with Gasteiger partial charge in [-0.05, 0) is 121 Å². The van der Waals surface area contributed by atoms with E-state index in [0.717, 1.165) is 27.6 Å². The third-order valence-electron chi connectivity index (χ3n) is 10.2. The summed E-state index contributed by atoms with van der Waals surface area (Å²) in [6.45, 7) is 0. The van der Waals surface area contributed by atoms with Crippen molar-refractivity contribution in [3.05, 3.63) is 194 Å². The zero-order chi connectivity index (χ0) is 33.7. The third-order valence-corrected chi connectivity index (χ3v) is 10.2. The van der Waals surface area contributed by atoms with Crippen LogP contribution >= 0.6 is 0 Å². The van der Waals surface area contributed by atoms with Crippen LogP contribution in [0.5, 0.6) is 0 Å². The molecule has 2 heteroatoms. The monoisotopic (exact) mass is 648 g/mol. The molecule has 2 aromatic heterocycles. The summed E-state index contributed by atoms with van der Waals surface area (Å²) in [5.41, 5.74) is 14.0. The number of fused-ring (bicyclic) bond motifs is 6. The second kappa shape index (κ2) is 12.0. The summed E-state index contributed by atoms with van der Waals surface area (Å²) in [5.74, 6) is 0. The van der Waals surface area contributed by atoms with Gasteiger partial charge in [0.1, 0.15) is 0 Å². The lowest BCUT2D eigenvalue weighted by atomic mass is 9.90. The van der Waals surface area contributed by atoms with Gasteiger partial charge in [-0.25, -0.2) is 0 Å². The van der Waals surface area contributed by atoms with Gasteiger partial charge in [-0.2, -0.15) is 0 Å². The van der Waals surface area contributed by atoms with Crippen molar-refractivity contribution in [1.29, 1.82) is 0 Å². The lowest BCUT2D eigenvalue weighted by Gasteiger charge is -2.14. The number of hydrogen-bond donors (Lipinski definition) is 0. The van der Waals surface area contributed by atoms with Crippen LogP contribution in [0.4, 0.5) is 0 Å². The number of hydrogen-bond acceptors (Lipinski definition) is 1. The van der Waals surface area contributed by atoms with Gasteiger partial charge in [0.05, 0.1) is 16.6 Å². The average Bonchev–Trinajstić information content (AvgIpc) is 3.55. The Morgan fingerprint density at radius 2 is 0.961 bits per heavy atom. The summed E-state index contributed by atoms with van der Waals surface area (Å²) in [7, 11) is 0. The van der Waals surface area contributed by atoms with Crippen molar-refractivity contribution < 1.29 is 0 Å². The van der Waals surface area contributed by atoms with E-state index in [2.05, 4.69) is 187 Å². The van der Waals surface area contributed by atoms with Crippen molar-refractivity contribution in [2.45, 2.75) is 0 Å². The summed E-state index contributed by atoms with van der Waals surface area (Å²) in [6, 6.07) is 68.1. The molecule has 0 atom stereocenters. The van der Waals surface area contributed by atoms with E-state index in [1.807, 2.05) is 12.3 Å². The molecule has 0 amide bonds. The normalized spacial score (nSPS) is 11.5. The minimum Gasteiger partial charge on any atom is -0.308 e. The van der Waals surface area contributed by atoms with Crippen molar-refractivity contribution in [3.63, 3.8) is 0 Å². The number of aromatic nitrogens is 2. The fourth-order valence-corrected chi connectivity index (χ4v) is 7.76. The minimum atomic E-state index is 1.01. The van der Waals surface area contributed by atoms with E-state index < -0.39 is 0 Å². The Bertz CT molecular complexity index is 2900. The van der Waals surface area contributed by atoms with Gasteiger partial charge in [0.25, 0.3) is 0 Å². The standard InChI is InChI=1S/C49H32N2/c1-3-12-33(13-4-1)35-17-9-19-39(28-35)45-31-40-16-7-8-21-42(40)43-25-23-37(30-46(43)45)38-24-26-44-48(32-38)51(47-22-11-27-50-49(44)47)41-20-10-18-36(29-41)34-14-5-2-6-15-34/h1-32H. The van der Waals surface area contributed by atoms with Crippen LogP contribution in [0, 0.1) is 0 Å². The van der Waals surface area contributed by atoms with Crippen molar-refractivity contribution >= 4 is 43.5 Å². The van der Waals surface area contributed by atoms with Crippen LogP contribution in [0.25, 0.3) is 93.7 Å². The Morgan fingerprint density at radius 1 is 0.333 bits per heavy atom. The Kier molecular flexibility index (Phi) is 6.85. The highest BCUT2D eigenvalue weighted by molar-refractivity contribution is 6.15. The van der Waals surface area contributed by atoms with Gasteiger partial charge in [-0.15, -0.1) is 0 Å². The number of rotatable bonds is 5. The molecular formula is C49H32N2. The fourth-order valence-electron chi connectivity index (χ4n) is 7.76. The van der Waals surface area contributed by atoms with Gasteiger partial charge in [0, 0.05) is 17.3 Å². The molecule has 238 valence electrons. The molecule has 10 aromatic rings. The molecule has 8 aromatic carbocycles. The van der Waals surface area contributed by atoms with Gasteiger partial charge in [-0.3, -0.25) is 4.98 Å². The van der Waals surface area contributed by atoms with E-state index in [1.165, 1.54) is 66.1 Å². The molecule has 0 saturated carbocycles. The zero-order valence-electron chi connectivity index (χ0n) is 27.9. The molecule has 0 aliphatic heterocycles. The topological polar surface area (TPSA) is 17.8 Å². The van der Waals surface area contributed by atoms with Gasteiger partial charge < -0.3 is 4.57 Å². The second-order valence-corrected chi connectivity index (χ2v) is 13.2. The van der Waals surface area contributed by atoms with Crippen LogP contribution in [0.3, 0.4) is 0 Å². The third kappa shape index (κ3) is 5.00. The van der Waals surface area contributed by atoms with Crippen LogP contribution in [0.2, 0.25) is 0 Å². The van der Waals surface area contributed by atoms with Crippen LogP contribution in [0.1, 0.15) is 0 Å². The molecule has 2 heterocycles. The highest BCUT2D eigenvalue weighted by atomic mass is 15.0. The Balaban J connectivity index is 1.17. The number of nitrogens with zero attached hydrogens (tertiary/aromatic N) is 2. The summed E-state index contributed by atoms with van der Waals surface area (Å²) in [4.78, 5) is 4.86. The van der Waals surface area contributed by atoms with E-state index in [9.17, 15) is 0 Å². The van der Waals surface area contributed by atoms with E-state index in [-0.39, 0.29) is 0 Å². The molecular weight excluding hydrogens is 617 g/mol. The highest BCUT2D eigenvalue weighted by Gasteiger charge is 2.16. The lowest BCUT2D eigenvalue weighted by molar-refractivity contribution is 1.18. The first-order valence-electron chi connectivity index (χ1n) is 17.5. The SMILES string of the molecule is c1ccc(-c2cccc(-c3cc4ccccc4c4ccc(-c5ccc6c7ncccc7n(-c7cccc(-c8ccccc8)c7)c6c5)cc34)c2)cc1. The predicted octanol–water partition coefficient (Wildman–Crippen LogP) is 13.2. The van der Waals surface area contributed by atoms with Crippen molar-refractivity contribution in [3.8, 4) is 50.2 Å². The molecule has 0 bridgehead atoms. The Labute approximate surface area is 296 Å². The average molecular weight is 649 g/mol. The van der Waals surface area contributed by atoms with Gasteiger partial charge in [0.2, 0.25) is 0 Å². The van der Waals surface area contributed by atoms with Crippen LogP contribution in [0.15, 0.2) is 194 Å². The van der Waals surface area contributed by atoms with Crippen LogP contribution in [-0.2, 0) is 0 Å². The molecule has 0 aliphatic carbocycles. The first kappa shape index (κ1) is 29.2. The molecule has 0 spiro atoms. The summed E-state index contributed by atoms with van der Waals surface area (Å²) in [5, 5.41) is 6.16. The molecule has 51 heavy (non-hydrogen) atoms. The second-order valence-electron chi connectivity index (χ2n) is 13.2. The van der Waals surface area contributed by atoms with Crippen molar-refractivity contribution in [2.75, 3.05) is 0 Å². The Hall–Kier alpha value is -6.77. The van der Waals surface area contributed by atoms with E-state index in [4.69, 9.17) is 4.98 Å². The summed E-state index contributed by atoms with van der Waals surface area (Å²) < 4.78 is 2.36. The van der Waals surface area contributed by atoms with Crippen molar-refractivity contribution in [2.24, 2.45) is 0 Å². The maximum Gasteiger partial charge on any atom is 0.0963 e. The molecule has 0 saturated heterocycles. The zero-order valence-corrected chi connectivity index (χ0v) is 27.9. The molecule has 0 fully saturated rings. The highest BCUT2D eigenvalue weighted by Crippen LogP contribution is 2.40. The molecule has 0 N–H and O–H groups in total. The first-order chi connectivity index (χ1) is 25.3. The number of benzene rings is 8. The fraction of sp³-hybridized carbons (Fsp3) is 0. The first-order valence-corrected chi connectivity index (χ1v) is 17.5. The minimum absolute atomic E-state index is 1.01. The molecule has 0 radical (unpaired) electrons.